The summed E-state index contributed by atoms with van der Waals surface area (Å²) in [6.45, 7) is 0.222. The monoisotopic (exact) mass is 275 g/mol. The minimum absolute atomic E-state index is 0.0995. The van der Waals surface area contributed by atoms with E-state index in [1.807, 2.05) is 36.1 Å². The third-order valence-electron chi connectivity index (χ3n) is 2.63. The molecule has 0 aliphatic carbocycles. The first kappa shape index (κ1) is 13.3. The second-order valence-corrected chi connectivity index (χ2v) is 5.92. The fourth-order valence-corrected chi connectivity index (χ4v) is 2.72. The van der Waals surface area contributed by atoms with Crippen molar-refractivity contribution in [2.75, 3.05) is 0 Å². The molecule has 2 rings (SSSR count). The number of aromatic nitrogens is 1. The van der Waals surface area contributed by atoms with Gasteiger partial charge in [-0.3, -0.25) is 0 Å². The number of rotatable bonds is 4. The quantitative estimate of drug-likeness (QED) is 0.915. The van der Waals surface area contributed by atoms with Gasteiger partial charge in [-0.15, -0.1) is 0 Å². The average Bonchev–Trinajstić information content (AvgIpc) is 2.82. The summed E-state index contributed by atoms with van der Waals surface area (Å²) in [6, 6.07) is 9.70. The Morgan fingerprint density at radius 1 is 1.37 bits per heavy atom. The Labute approximate surface area is 112 Å². The third-order valence-corrected chi connectivity index (χ3v) is 4.03. The molecule has 5 nitrogen and oxygen atoms in total. The molecule has 6 heteroatoms. The van der Waals surface area contributed by atoms with Crippen LogP contribution in [0.1, 0.15) is 11.1 Å². The van der Waals surface area contributed by atoms with Crippen molar-refractivity contribution >= 4 is 10.0 Å². The van der Waals surface area contributed by atoms with E-state index in [2.05, 4.69) is 4.72 Å². The highest BCUT2D eigenvalue weighted by molar-refractivity contribution is 7.89. The summed E-state index contributed by atoms with van der Waals surface area (Å²) in [4.78, 5) is 0.0995. The van der Waals surface area contributed by atoms with Crippen LogP contribution in [-0.2, 0) is 23.6 Å². The Morgan fingerprint density at radius 3 is 2.79 bits per heavy atom. The smallest absolute Gasteiger partial charge is 0.240 e. The van der Waals surface area contributed by atoms with Gasteiger partial charge in [-0.05, 0) is 29.8 Å². The summed E-state index contributed by atoms with van der Waals surface area (Å²) in [7, 11) is -1.72. The molecule has 0 atom stereocenters. The highest BCUT2D eigenvalue weighted by atomic mass is 32.2. The van der Waals surface area contributed by atoms with Crippen LogP contribution in [0, 0.1) is 11.3 Å². The first-order chi connectivity index (χ1) is 9.01. The van der Waals surface area contributed by atoms with E-state index in [4.69, 9.17) is 5.26 Å². The second-order valence-electron chi connectivity index (χ2n) is 4.15. The zero-order chi connectivity index (χ0) is 13.9. The van der Waals surface area contributed by atoms with Crippen LogP contribution in [0.15, 0.2) is 47.6 Å². The fraction of sp³-hybridized carbons (Fsp3) is 0.154. The van der Waals surface area contributed by atoms with Gasteiger partial charge < -0.3 is 4.57 Å². The number of hydrogen-bond donors (Lipinski definition) is 1. The SMILES string of the molecule is Cn1ccc(CNS(=O)(=O)c2cccc(C#N)c2)c1. The molecule has 0 aliphatic heterocycles. The standard InChI is InChI=1S/C13H13N3O2S/c1-16-6-5-12(10-16)9-15-19(17,18)13-4-2-3-11(7-13)8-14/h2-7,10,15H,9H2,1H3. The maximum absolute atomic E-state index is 12.1. The highest BCUT2D eigenvalue weighted by Crippen LogP contribution is 2.11. The van der Waals surface area contributed by atoms with Crippen molar-refractivity contribution in [1.82, 2.24) is 9.29 Å². The van der Waals surface area contributed by atoms with Crippen LogP contribution >= 0.6 is 0 Å². The molecule has 98 valence electrons. The minimum Gasteiger partial charge on any atom is -0.357 e. The van der Waals surface area contributed by atoms with Gasteiger partial charge in [0.05, 0.1) is 16.5 Å². The van der Waals surface area contributed by atoms with Gasteiger partial charge in [-0.1, -0.05) is 6.07 Å². The van der Waals surface area contributed by atoms with Gasteiger partial charge in [0.2, 0.25) is 10.0 Å². The van der Waals surface area contributed by atoms with E-state index in [1.165, 1.54) is 12.1 Å². The van der Waals surface area contributed by atoms with Crippen molar-refractivity contribution in [3.8, 4) is 6.07 Å². The average molecular weight is 275 g/mol. The Balaban J connectivity index is 2.16. The molecule has 1 aromatic carbocycles. The largest absolute Gasteiger partial charge is 0.357 e. The van der Waals surface area contributed by atoms with Gasteiger partial charge in [0.1, 0.15) is 0 Å². The zero-order valence-corrected chi connectivity index (χ0v) is 11.2. The van der Waals surface area contributed by atoms with Crippen molar-refractivity contribution in [2.45, 2.75) is 11.4 Å². The number of aryl methyl sites for hydroxylation is 1. The van der Waals surface area contributed by atoms with Crippen LogP contribution in [0.4, 0.5) is 0 Å². The van der Waals surface area contributed by atoms with E-state index in [-0.39, 0.29) is 11.4 Å². The van der Waals surface area contributed by atoms with Crippen LogP contribution < -0.4 is 4.72 Å². The lowest BCUT2D eigenvalue weighted by Crippen LogP contribution is -2.23. The first-order valence-corrected chi connectivity index (χ1v) is 7.10. The van der Waals surface area contributed by atoms with Gasteiger partial charge in [0.15, 0.2) is 0 Å². The number of nitriles is 1. The molecule has 0 bridgehead atoms. The van der Waals surface area contributed by atoms with Crippen molar-refractivity contribution in [1.29, 1.82) is 5.26 Å². The Hall–Kier alpha value is -2.10. The van der Waals surface area contributed by atoms with Crippen molar-refractivity contribution in [3.63, 3.8) is 0 Å². The van der Waals surface area contributed by atoms with Crippen LogP contribution in [0.3, 0.4) is 0 Å². The summed E-state index contributed by atoms with van der Waals surface area (Å²) in [6.07, 6.45) is 3.69. The molecule has 1 N–H and O–H groups in total. The lowest BCUT2D eigenvalue weighted by Gasteiger charge is -2.05. The van der Waals surface area contributed by atoms with E-state index in [0.717, 1.165) is 5.56 Å². The van der Waals surface area contributed by atoms with Crippen LogP contribution in [-0.4, -0.2) is 13.0 Å². The summed E-state index contributed by atoms with van der Waals surface area (Å²) >= 11 is 0. The second kappa shape index (κ2) is 5.26. The molecule has 0 saturated heterocycles. The van der Waals surface area contributed by atoms with Crippen LogP contribution in [0.2, 0.25) is 0 Å². The lowest BCUT2D eigenvalue weighted by atomic mass is 10.2. The lowest BCUT2D eigenvalue weighted by molar-refractivity contribution is 0.581. The summed E-state index contributed by atoms with van der Waals surface area (Å²) in [5.41, 5.74) is 1.20. The van der Waals surface area contributed by atoms with Crippen molar-refractivity contribution in [2.24, 2.45) is 7.05 Å². The summed E-state index contributed by atoms with van der Waals surface area (Å²) in [5, 5.41) is 8.77. The van der Waals surface area contributed by atoms with E-state index >= 15 is 0 Å². The Bertz CT molecular complexity index is 726. The molecule has 0 radical (unpaired) electrons. The van der Waals surface area contributed by atoms with Crippen LogP contribution in [0.25, 0.3) is 0 Å². The topological polar surface area (TPSA) is 74.9 Å². The predicted octanol–water partition coefficient (Wildman–Crippen LogP) is 1.38. The van der Waals surface area contributed by atoms with Gasteiger partial charge in [-0.25, -0.2) is 13.1 Å². The van der Waals surface area contributed by atoms with E-state index in [9.17, 15) is 8.42 Å². The van der Waals surface area contributed by atoms with E-state index in [1.54, 1.807) is 12.1 Å². The fourth-order valence-electron chi connectivity index (χ4n) is 1.66. The summed E-state index contributed by atoms with van der Waals surface area (Å²) < 4.78 is 28.5. The third kappa shape index (κ3) is 3.22. The molecule has 1 heterocycles. The summed E-state index contributed by atoms with van der Waals surface area (Å²) in [5.74, 6) is 0. The molecule has 0 unspecified atom stereocenters. The number of nitrogens with zero attached hydrogens (tertiary/aromatic N) is 2. The predicted molar refractivity (Wildman–Crippen MR) is 70.6 cm³/mol. The first-order valence-electron chi connectivity index (χ1n) is 5.62. The number of nitrogens with one attached hydrogen (secondary N) is 1. The maximum atomic E-state index is 12.1. The van der Waals surface area contributed by atoms with Gasteiger partial charge in [0, 0.05) is 26.0 Å². The number of benzene rings is 1. The molecule has 0 fully saturated rings. The molecular weight excluding hydrogens is 262 g/mol. The van der Waals surface area contributed by atoms with Crippen molar-refractivity contribution in [3.05, 3.63) is 53.9 Å². The molecule has 0 amide bonds. The van der Waals surface area contributed by atoms with E-state index < -0.39 is 10.0 Å². The normalized spacial score (nSPS) is 11.2. The highest BCUT2D eigenvalue weighted by Gasteiger charge is 2.14. The van der Waals surface area contributed by atoms with Gasteiger partial charge in [-0.2, -0.15) is 5.26 Å². The maximum Gasteiger partial charge on any atom is 0.240 e. The number of sulfonamides is 1. The van der Waals surface area contributed by atoms with Gasteiger partial charge in [0.25, 0.3) is 0 Å². The molecule has 19 heavy (non-hydrogen) atoms. The molecule has 0 spiro atoms. The number of hydrogen-bond acceptors (Lipinski definition) is 3. The van der Waals surface area contributed by atoms with Gasteiger partial charge >= 0.3 is 0 Å². The minimum atomic E-state index is -3.59. The molecule has 0 saturated carbocycles. The van der Waals surface area contributed by atoms with Crippen LogP contribution in [0.5, 0.6) is 0 Å². The Kier molecular flexibility index (Phi) is 3.69. The molecule has 2 aromatic rings. The Morgan fingerprint density at radius 2 is 2.16 bits per heavy atom. The van der Waals surface area contributed by atoms with E-state index in [0.29, 0.717) is 5.56 Å². The van der Waals surface area contributed by atoms with Crippen molar-refractivity contribution < 1.29 is 8.42 Å². The molecule has 1 aromatic heterocycles. The molecule has 0 aliphatic rings. The zero-order valence-electron chi connectivity index (χ0n) is 10.4. The molecular formula is C13H13N3O2S.